The lowest BCUT2D eigenvalue weighted by Gasteiger charge is -2.09. The highest BCUT2D eigenvalue weighted by Gasteiger charge is 2.08. The Labute approximate surface area is 164 Å². The summed E-state index contributed by atoms with van der Waals surface area (Å²) in [4.78, 5) is 17.1. The predicted molar refractivity (Wildman–Crippen MR) is 110 cm³/mol. The summed E-state index contributed by atoms with van der Waals surface area (Å²) in [5.41, 5.74) is 4.64. The summed E-state index contributed by atoms with van der Waals surface area (Å²) in [7, 11) is 0. The molecule has 0 saturated heterocycles. The Hall–Kier alpha value is -3.85. The average molecular weight is 386 g/mol. The second-order valence-corrected chi connectivity index (χ2v) is 6.77. The molecule has 3 heterocycles. The Kier molecular flexibility index (Phi) is 4.11. The van der Waals surface area contributed by atoms with Gasteiger partial charge in [-0.1, -0.05) is 18.2 Å². The van der Waals surface area contributed by atoms with Gasteiger partial charge in [-0.2, -0.15) is 10.1 Å². The van der Waals surface area contributed by atoms with Gasteiger partial charge in [0, 0.05) is 11.8 Å². The first-order chi connectivity index (χ1) is 13.8. The topological polar surface area (TPSA) is 93.4 Å². The van der Waals surface area contributed by atoms with Gasteiger partial charge in [-0.25, -0.2) is 19.6 Å². The fourth-order valence-electron chi connectivity index (χ4n) is 2.77. The fraction of sp³-hybridized carbons (Fsp3) is 0. The predicted octanol–water partition coefficient (Wildman–Crippen LogP) is 4.15. The molecule has 2 aromatic carbocycles. The Morgan fingerprint density at radius 2 is 1.71 bits per heavy atom. The number of fused-ring (bicyclic) bond motifs is 1. The lowest BCUT2D eigenvalue weighted by molar-refractivity contribution is 0.884. The molecule has 0 amide bonds. The van der Waals surface area contributed by atoms with Gasteiger partial charge in [0.1, 0.15) is 12.1 Å². The first kappa shape index (κ1) is 16.3. The van der Waals surface area contributed by atoms with E-state index in [0.717, 1.165) is 27.4 Å². The van der Waals surface area contributed by atoms with E-state index < -0.39 is 0 Å². The fourth-order valence-corrected chi connectivity index (χ4v) is 3.48. The molecule has 0 bridgehead atoms. The monoisotopic (exact) mass is 386 g/mol. The van der Waals surface area contributed by atoms with Gasteiger partial charge in [-0.15, -0.1) is 11.3 Å². The third-order valence-electron chi connectivity index (χ3n) is 4.04. The number of thiazole rings is 1. The maximum atomic E-state index is 4.45. The molecule has 0 aliphatic rings. The summed E-state index contributed by atoms with van der Waals surface area (Å²) in [5.74, 6) is 1.63. The lowest BCUT2D eigenvalue weighted by Crippen LogP contribution is -2.06. The molecule has 9 heteroatoms. The van der Waals surface area contributed by atoms with E-state index in [1.54, 1.807) is 22.2 Å². The molecular weight excluding hydrogens is 372 g/mol. The van der Waals surface area contributed by atoms with Gasteiger partial charge in [0.05, 0.1) is 27.6 Å². The average Bonchev–Trinajstić information content (AvgIpc) is 3.38. The normalized spacial score (nSPS) is 10.9. The van der Waals surface area contributed by atoms with E-state index in [4.69, 9.17) is 0 Å². The maximum Gasteiger partial charge on any atom is 0.233 e. The number of hydrogen-bond donors (Lipinski definition) is 2. The van der Waals surface area contributed by atoms with Gasteiger partial charge < -0.3 is 10.6 Å². The Bertz CT molecular complexity index is 1230. The van der Waals surface area contributed by atoms with Crippen LogP contribution < -0.4 is 10.6 Å². The largest absolute Gasteiger partial charge is 0.324 e. The first-order valence-electron chi connectivity index (χ1n) is 8.51. The minimum absolute atomic E-state index is 0.425. The molecule has 0 unspecified atom stereocenters. The number of benzene rings is 2. The molecule has 0 spiro atoms. The van der Waals surface area contributed by atoms with E-state index in [0.29, 0.717) is 11.9 Å². The quantitative estimate of drug-likeness (QED) is 0.468. The van der Waals surface area contributed by atoms with Crippen molar-refractivity contribution in [3.63, 3.8) is 0 Å². The molecule has 0 radical (unpaired) electrons. The van der Waals surface area contributed by atoms with Crippen molar-refractivity contribution in [3.05, 3.63) is 72.6 Å². The van der Waals surface area contributed by atoms with Crippen molar-refractivity contribution in [2.24, 2.45) is 0 Å². The van der Waals surface area contributed by atoms with Crippen LogP contribution in [0.1, 0.15) is 0 Å². The van der Waals surface area contributed by atoms with Gasteiger partial charge in [0.25, 0.3) is 0 Å². The second kappa shape index (κ2) is 7.05. The van der Waals surface area contributed by atoms with Crippen LogP contribution in [0.3, 0.4) is 0 Å². The molecule has 5 rings (SSSR count). The van der Waals surface area contributed by atoms with E-state index >= 15 is 0 Å². The van der Waals surface area contributed by atoms with Crippen molar-refractivity contribution in [1.29, 1.82) is 0 Å². The SMILES string of the molecule is c1ccc(-n2nccc2Nc2ncnc(Nc3ccc4ncsc4c3)n2)cc1. The number of anilines is 4. The summed E-state index contributed by atoms with van der Waals surface area (Å²) >= 11 is 1.59. The molecule has 0 saturated carbocycles. The van der Waals surface area contributed by atoms with Crippen molar-refractivity contribution in [2.45, 2.75) is 0 Å². The van der Waals surface area contributed by atoms with Crippen LogP contribution in [-0.2, 0) is 0 Å². The van der Waals surface area contributed by atoms with Crippen LogP contribution in [0.4, 0.5) is 23.4 Å². The summed E-state index contributed by atoms with van der Waals surface area (Å²) in [5, 5.41) is 10.8. The van der Waals surface area contributed by atoms with E-state index in [9.17, 15) is 0 Å². The molecule has 0 atom stereocenters. The van der Waals surface area contributed by atoms with Gasteiger partial charge in [-0.3, -0.25) is 0 Å². The molecule has 3 aromatic heterocycles. The Morgan fingerprint density at radius 1 is 0.857 bits per heavy atom. The van der Waals surface area contributed by atoms with Crippen LogP contribution in [0.5, 0.6) is 0 Å². The third-order valence-corrected chi connectivity index (χ3v) is 4.83. The van der Waals surface area contributed by atoms with Crippen molar-refractivity contribution in [3.8, 4) is 5.69 Å². The molecular formula is C19H14N8S. The number of aromatic nitrogens is 6. The van der Waals surface area contributed by atoms with E-state index in [2.05, 4.69) is 35.7 Å². The maximum absolute atomic E-state index is 4.45. The minimum Gasteiger partial charge on any atom is -0.324 e. The number of nitrogens with zero attached hydrogens (tertiary/aromatic N) is 6. The van der Waals surface area contributed by atoms with E-state index in [1.165, 1.54) is 6.33 Å². The van der Waals surface area contributed by atoms with Crippen LogP contribution in [0, 0.1) is 0 Å². The molecule has 0 aliphatic carbocycles. The summed E-state index contributed by atoms with van der Waals surface area (Å²) in [6, 6.07) is 17.7. The van der Waals surface area contributed by atoms with Crippen LogP contribution in [0.2, 0.25) is 0 Å². The van der Waals surface area contributed by atoms with Crippen molar-refractivity contribution >= 4 is 45.0 Å². The van der Waals surface area contributed by atoms with Crippen LogP contribution in [-0.4, -0.2) is 29.7 Å². The van der Waals surface area contributed by atoms with Crippen molar-refractivity contribution in [2.75, 3.05) is 10.6 Å². The molecule has 2 N–H and O–H groups in total. The van der Waals surface area contributed by atoms with Gasteiger partial charge >= 0.3 is 0 Å². The highest BCUT2D eigenvalue weighted by molar-refractivity contribution is 7.16. The first-order valence-corrected chi connectivity index (χ1v) is 9.39. The van der Waals surface area contributed by atoms with Crippen molar-refractivity contribution in [1.82, 2.24) is 29.7 Å². The molecule has 28 heavy (non-hydrogen) atoms. The standard InChI is InChI=1S/C19H14N8S/c1-2-4-14(5-3-1)27-17(8-9-23-27)25-19-21-11-20-18(26-19)24-13-6-7-15-16(10-13)28-12-22-15/h1-12H,(H2,20,21,24,25,26). The van der Waals surface area contributed by atoms with Crippen LogP contribution in [0.25, 0.3) is 15.9 Å². The lowest BCUT2D eigenvalue weighted by atomic mass is 10.3. The van der Waals surface area contributed by atoms with Gasteiger partial charge in [0.15, 0.2) is 0 Å². The van der Waals surface area contributed by atoms with E-state index in [1.807, 2.05) is 60.1 Å². The van der Waals surface area contributed by atoms with Gasteiger partial charge in [0.2, 0.25) is 11.9 Å². The molecule has 0 fully saturated rings. The molecule has 0 aliphatic heterocycles. The Balaban J connectivity index is 1.38. The highest BCUT2D eigenvalue weighted by atomic mass is 32.1. The van der Waals surface area contributed by atoms with E-state index in [-0.39, 0.29) is 0 Å². The van der Waals surface area contributed by atoms with Gasteiger partial charge in [-0.05, 0) is 30.3 Å². The number of rotatable bonds is 5. The highest BCUT2D eigenvalue weighted by Crippen LogP contribution is 2.24. The number of para-hydroxylation sites is 1. The summed E-state index contributed by atoms with van der Waals surface area (Å²) in [6.07, 6.45) is 3.19. The number of hydrogen-bond acceptors (Lipinski definition) is 8. The second-order valence-electron chi connectivity index (χ2n) is 5.88. The number of nitrogens with one attached hydrogen (secondary N) is 2. The zero-order chi connectivity index (χ0) is 18.8. The van der Waals surface area contributed by atoms with Crippen molar-refractivity contribution < 1.29 is 0 Å². The van der Waals surface area contributed by atoms with Crippen LogP contribution >= 0.6 is 11.3 Å². The minimum atomic E-state index is 0.425. The third kappa shape index (κ3) is 3.26. The molecule has 5 aromatic rings. The zero-order valence-corrected chi connectivity index (χ0v) is 15.3. The smallest absolute Gasteiger partial charge is 0.233 e. The van der Waals surface area contributed by atoms with Crippen LogP contribution in [0.15, 0.2) is 72.6 Å². The summed E-state index contributed by atoms with van der Waals surface area (Å²) in [6.45, 7) is 0. The zero-order valence-electron chi connectivity index (χ0n) is 14.5. The Morgan fingerprint density at radius 3 is 2.61 bits per heavy atom. The summed E-state index contributed by atoms with van der Waals surface area (Å²) < 4.78 is 2.89. The molecule has 8 nitrogen and oxygen atoms in total. The molecule has 136 valence electrons.